The van der Waals surface area contributed by atoms with Crippen LogP contribution in [0, 0.1) is 0 Å². The quantitative estimate of drug-likeness (QED) is 0.512. The molecule has 3 heterocycles. The summed E-state index contributed by atoms with van der Waals surface area (Å²) in [7, 11) is 0. The van der Waals surface area contributed by atoms with Crippen molar-refractivity contribution in [3.05, 3.63) is 60.8 Å². The molecule has 0 aliphatic carbocycles. The van der Waals surface area contributed by atoms with Gasteiger partial charge in [0.1, 0.15) is 0 Å². The summed E-state index contributed by atoms with van der Waals surface area (Å²) in [6.45, 7) is 0. The minimum Gasteiger partial charge on any atom is -0.404 e. The summed E-state index contributed by atoms with van der Waals surface area (Å²) >= 11 is 0. The zero-order chi connectivity index (χ0) is 20.8. The van der Waals surface area contributed by atoms with Crippen LogP contribution >= 0.6 is 0 Å². The number of benzene rings is 1. The van der Waals surface area contributed by atoms with Gasteiger partial charge in [0, 0.05) is 35.8 Å². The van der Waals surface area contributed by atoms with Crippen molar-refractivity contribution < 1.29 is 4.79 Å². The Balaban J connectivity index is 1.73. The third-order valence-electron chi connectivity index (χ3n) is 4.54. The average Bonchev–Trinajstić information content (AvgIpc) is 2.74. The number of hydrogen-bond acceptors (Lipinski definition) is 8. The highest BCUT2D eigenvalue weighted by Gasteiger charge is 2.13. The molecule has 2 aromatic heterocycles. The van der Waals surface area contributed by atoms with Crippen molar-refractivity contribution >= 4 is 40.4 Å². The topological polar surface area (TPSA) is 131 Å². The second-order valence-corrected chi connectivity index (χ2v) is 6.83. The SMILES string of the molecule is NC=C1CCCCC(=O)Nc2cccc(c2)Nc2nc(Nc3cccnc3)nc1n2. The van der Waals surface area contributed by atoms with E-state index in [4.69, 9.17) is 5.73 Å². The van der Waals surface area contributed by atoms with Gasteiger partial charge in [-0.25, -0.2) is 0 Å². The molecule has 9 heteroatoms. The molecule has 30 heavy (non-hydrogen) atoms. The molecule has 4 bridgehead atoms. The van der Waals surface area contributed by atoms with Crippen LogP contribution in [0.3, 0.4) is 0 Å². The normalized spacial score (nSPS) is 15.6. The number of nitrogens with one attached hydrogen (secondary N) is 3. The van der Waals surface area contributed by atoms with E-state index in [-0.39, 0.29) is 5.91 Å². The molecular formula is C21H22N8O. The van der Waals surface area contributed by atoms with E-state index >= 15 is 0 Å². The van der Waals surface area contributed by atoms with E-state index in [1.807, 2.05) is 36.4 Å². The predicted octanol–water partition coefficient (Wildman–Crippen LogP) is 3.57. The Hall–Kier alpha value is -4.01. The second kappa shape index (κ2) is 8.99. The Labute approximate surface area is 173 Å². The van der Waals surface area contributed by atoms with Gasteiger partial charge in [0.05, 0.1) is 11.9 Å². The summed E-state index contributed by atoms with van der Waals surface area (Å²) < 4.78 is 0. The number of amides is 1. The molecule has 1 aliphatic rings. The zero-order valence-corrected chi connectivity index (χ0v) is 16.3. The summed E-state index contributed by atoms with van der Waals surface area (Å²) in [5.41, 5.74) is 8.88. The molecule has 5 N–H and O–H groups in total. The third kappa shape index (κ3) is 4.88. The maximum Gasteiger partial charge on any atom is 0.232 e. The third-order valence-corrected chi connectivity index (χ3v) is 4.54. The lowest BCUT2D eigenvalue weighted by molar-refractivity contribution is -0.116. The highest BCUT2D eigenvalue weighted by Crippen LogP contribution is 2.24. The molecule has 1 aliphatic heterocycles. The van der Waals surface area contributed by atoms with Gasteiger partial charge in [0.15, 0.2) is 5.82 Å². The number of aromatic nitrogens is 4. The number of hydrogen-bond donors (Lipinski definition) is 4. The van der Waals surface area contributed by atoms with Crippen LogP contribution in [0.25, 0.3) is 5.57 Å². The van der Waals surface area contributed by atoms with Gasteiger partial charge in [-0.1, -0.05) is 6.07 Å². The Morgan fingerprint density at radius 2 is 1.83 bits per heavy atom. The molecular weight excluding hydrogens is 380 g/mol. The number of allylic oxidation sites excluding steroid dienone is 1. The molecule has 4 rings (SSSR count). The van der Waals surface area contributed by atoms with Crippen LogP contribution < -0.4 is 21.7 Å². The first kappa shape index (κ1) is 19.3. The van der Waals surface area contributed by atoms with E-state index in [0.717, 1.165) is 29.8 Å². The Kier molecular flexibility index (Phi) is 5.79. The molecule has 0 saturated carbocycles. The summed E-state index contributed by atoms with van der Waals surface area (Å²) in [5.74, 6) is 1.22. The Bertz CT molecular complexity index is 1070. The summed E-state index contributed by atoms with van der Waals surface area (Å²) in [5, 5.41) is 9.26. The van der Waals surface area contributed by atoms with Crippen molar-refractivity contribution in [2.75, 3.05) is 16.0 Å². The van der Waals surface area contributed by atoms with Crippen molar-refractivity contribution in [1.82, 2.24) is 19.9 Å². The van der Waals surface area contributed by atoms with Crippen LogP contribution in [-0.2, 0) is 4.79 Å². The van der Waals surface area contributed by atoms with Crippen LogP contribution in [0.1, 0.15) is 31.5 Å². The molecule has 0 unspecified atom stereocenters. The largest absolute Gasteiger partial charge is 0.404 e. The van der Waals surface area contributed by atoms with E-state index in [9.17, 15) is 4.79 Å². The lowest BCUT2D eigenvalue weighted by Gasteiger charge is -2.14. The van der Waals surface area contributed by atoms with Gasteiger partial charge in [-0.05, 0) is 49.6 Å². The minimum absolute atomic E-state index is 0.0154. The zero-order valence-electron chi connectivity index (χ0n) is 16.3. The van der Waals surface area contributed by atoms with Crippen molar-refractivity contribution in [2.24, 2.45) is 5.73 Å². The van der Waals surface area contributed by atoms with Gasteiger partial charge in [-0.15, -0.1) is 0 Å². The summed E-state index contributed by atoms with van der Waals surface area (Å²) in [6.07, 6.45) is 7.52. The van der Waals surface area contributed by atoms with Crippen molar-refractivity contribution in [1.29, 1.82) is 0 Å². The lowest BCUT2D eigenvalue weighted by Crippen LogP contribution is -2.12. The van der Waals surface area contributed by atoms with Gasteiger partial charge >= 0.3 is 0 Å². The van der Waals surface area contributed by atoms with Gasteiger partial charge < -0.3 is 21.7 Å². The van der Waals surface area contributed by atoms with E-state index in [0.29, 0.717) is 36.3 Å². The first-order chi connectivity index (χ1) is 14.7. The summed E-state index contributed by atoms with van der Waals surface area (Å²) in [6, 6.07) is 11.1. The minimum atomic E-state index is -0.0154. The standard InChI is InChI=1S/C21H22N8O/c22-12-14-5-1-2-9-18(30)24-15-6-3-7-16(11-15)25-20-27-19(14)28-21(29-20)26-17-8-4-10-23-13-17/h3-4,6-8,10-13H,1-2,5,9,22H2,(H,24,30)(H2,25,26,27,28,29). The van der Waals surface area contributed by atoms with Crippen LogP contribution in [-0.4, -0.2) is 25.8 Å². The first-order valence-corrected chi connectivity index (χ1v) is 9.71. The summed E-state index contributed by atoms with van der Waals surface area (Å²) in [4.78, 5) is 29.8. The Morgan fingerprint density at radius 3 is 2.63 bits per heavy atom. The molecule has 1 amide bonds. The molecule has 0 atom stereocenters. The van der Waals surface area contributed by atoms with Crippen molar-refractivity contribution in [2.45, 2.75) is 25.7 Å². The van der Waals surface area contributed by atoms with Gasteiger partial charge in [-0.3, -0.25) is 9.78 Å². The molecule has 0 saturated heterocycles. The number of carbonyl (C=O) groups excluding carboxylic acids is 1. The highest BCUT2D eigenvalue weighted by molar-refractivity contribution is 5.91. The van der Waals surface area contributed by atoms with Crippen LogP contribution in [0.5, 0.6) is 0 Å². The van der Waals surface area contributed by atoms with Gasteiger partial charge in [-0.2, -0.15) is 15.0 Å². The molecule has 3 aromatic rings. The van der Waals surface area contributed by atoms with Gasteiger partial charge in [0.25, 0.3) is 0 Å². The number of pyridine rings is 1. The number of fused-ring (bicyclic) bond motifs is 4. The highest BCUT2D eigenvalue weighted by atomic mass is 16.1. The average molecular weight is 402 g/mol. The number of carbonyl (C=O) groups is 1. The fourth-order valence-corrected chi connectivity index (χ4v) is 3.10. The maximum atomic E-state index is 12.2. The van der Waals surface area contributed by atoms with Crippen molar-refractivity contribution in [3.8, 4) is 0 Å². The number of rotatable bonds is 2. The van der Waals surface area contributed by atoms with Crippen molar-refractivity contribution in [3.63, 3.8) is 0 Å². The number of anilines is 5. The monoisotopic (exact) mass is 402 g/mol. The van der Waals surface area contributed by atoms with Crippen LogP contribution in [0.4, 0.5) is 29.0 Å². The molecule has 9 nitrogen and oxygen atoms in total. The lowest BCUT2D eigenvalue weighted by atomic mass is 10.1. The number of nitrogens with two attached hydrogens (primary N) is 1. The smallest absolute Gasteiger partial charge is 0.232 e. The molecule has 152 valence electrons. The predicted molar refractivity (Wildman–Crippen MR) is 116 cm³/mol. The first-order valence-electron chi connectivity index (χ1n) is 9.71. The second-order valence-electron chi connectivity index (χ2n) is 6.83. The molecule has 1 aromatic carbocycles. The van der Waals surface area contributed by atoms with E-state index in [2.05, 4.69) is 35.9 Å². The van der Waals surface area contributed by atoms with Crippen LogP contribution in [0.15, 0.2) is 55.0 Å². The van der Waals surface area contributed by atoms with E-state index in [1.165, 1.54) is 6.20 Å². The molecule has 0 fully saturated rings. The fraction of sp³-hybridized carbons (Fsp3) is 0.190. The maximum absolute atomic E-state index is 12.2. The van der Waals surface area contributed by atoms with E-state index < -0.39 is 0 Å². The number of nitrogens with zero attached hydrogens (tertiary/aromatic N) is 4. The Morgan fingerprint density at radius 1 is 1.00 bits per heavy atom. The molecule has 0 radical (unpaired) electrons. The fourth-order valence-electron chi connectivity index (χ4n) is 3.10. The molecule has 0 spiro atoms. The van der Waals surface area contributed by atoms with E-state index in [1.54, 1.807) is 12.4 Å². The van der Waals surface area contributed by atoms with Gasteiger partial charge in [0.2, 0.25) is 17.8 Å². The van der Waals surface area contributed by atoms with Crippen LogP contribution in [0.2, 0.25) is 0 Å².